The van der Waals surface area contributed by atoms with Crippen molar-refractivity contribution in [2.45, 2.75) is 19.1 Å². The van der Waals surface area contributed by atoms with Gasteiger partial charge in [-0.15, -0.1) is 0 Å². The normalized spacial score (nSPS) is 11.4. The number of primary amides is 1. The number of nitrogens with zero attached hydrogens (tertiary/aromatic N) is 1. The first kappa shape index (κ1) is 21.5. The van der Waals surface area contributed by atoms with Crippen LogP contribution in [-0.4, -0.2) is 22.8 Å². The van der Waals surface area contributed by atoms with Crippen molar-refractivity contribution >= 4 is 17.5 Å². The maximum Gasteiger partial charge on any atom is 0.269 e. The van der Waals surface area contributed by atoms with Gasteiger partial charge >= 0.3 is 0 Å². The molecule has 1 atom stereocenters. The average molecular weight is 419 g/mol. The Hall–Kier alpha value is -4.20. The molecule has 0 aliphatic heterocycles. The van der Waals surface area contributed by atoms with Crippen LogP contribution < -0.4 is 15.8 Å². The Labute approximate surface area is 178 Å². The largest absolute Gasteiger partial charge is 0.489 e. The number of amides is 2. The highest BCUT2D eigenvalue weighted by Crippen LogP contribution is 2.17. The van der Waals surface area contributed by atoms with Gasteiger partial charge in [-0.1, -0.05) is 30.3 Å². The van der Waals surface area contributed by atoms with Crippen LogP contribution in [0.25, 0.3) is 0 Å². The van der Waals surface area contributed by atoms with E-state index in [0.29, 0.717) is 17.7 Å². The van der Waals surface area contributed by atoms with E-state index in [1.165, 1.54) is 12.1 Å². The van der Waals surface area contributed by atoms with E-state index in [4.69, 9.17) is 10.5 Å². The molecule has 3 aromatic rings. The zero-order chi connectivity index (χ0) is 22.2. The number of rotatable bonds is 9. The summed E-state index contributed by atoms with van der Waals surface area (Å²) in [4.78, 5) is 34.5. The van der Waals surface area contributed by atoms with E-state index >= 15 is 0 Å². The number of non-ortho nitro benzene ring substituents is 1. The van der Waals surface area contributed by atoms with Crippen LogP contribution in [0.3, 0.4) is 0 Å². The fraction of sp³-hybridized carbons (Fsp3) is 0.130. The first-order chi connectivity index (χ1) is 14.9. The molecule has 1 unspecified atom stereocenters. The lowest BCUT2D eigenvalue weighted by molar-refractivity contribution is -0.384. The van der Waals surface area contributed by atoms with Gasteiger partial charge in [0, 0.05) is 24.1 Å². The Balaban J connectivity index is 1.57. The molecule has 3 aromatic carbocycles. The highest BCUT2D eigenvalue weighted by molar-refractivity contribution is 5.97. The Kier molecular flexibility index (Phi) is 6.95. The van der Waals surface area contributed by atoms with Gasteiger partial charge in [0.05, 0.1) is 4.92 Å². The van der Waals surface area contributed by atoms with Crippen molar-refractivity contribution < 1.29 is 19.2 Å². The van der Waals surface area contributed by atoms with Gasteiger partial charge < -0.3 is 15.8 Å². The van der Waals surface area contributed by atoms with Gasteiger partial charge in [0.1, 0.15) is 18.4 Å². The van der Waals surface area contributed by atoms with Gasteiger partial charge in [0.15, 0.2) is 0 Å². The monoisotopic (exact) mass is 419 g/mol. The van der Waals surface area contributed by atoms with E-state index < -0.39 is 22.8 Å². The molecular weight excluding hydrogens is 398 g/mol. The standard InChI is InChI=1S/C23H21N3O5/c24-22(27)21(14-16-4-2-1-3-5-16)25-23(28)18-8-12-20(13-9-18)31-15-17-6-10-19(11-7-17)26(29)30/h1-13,21H,14-15H2,(H2,24,27)(H,25,28). The number of nitrogens with one attached hydrogen (secondary N) is 1. The molecule has 0 bridgehead atoms. The predicted molar refractivity (Wildman–Crippen MR) is 114 cm³/mol. The molecular formula is C23H21N3O5. The Bertz CT molecular complexity index is 1050. The minimum atomic E-state index is -0.826. The Morgan fingerprint density at radius 1 is 0.935 bits per heavy atom. The summed E-state index contributed by atoms with van der Waals surface area (Å²) in [6.45, 7) is 0.227. The molecule has 0 aliphatic carbocycles. The lowest BCUT2D eigenvalue weighted by Gasteiger charge is -2.16. The Morgan fingerprint density at radius 3 is 2.16 bits per heavy atom. The second kappa shape index (κ2) is 10.0. The highest BCUT2D eigenvalue weighted by Gasteiger charge is 2.19. The lowest BCUT2D eigenvalue weighted by Crippen LogP contribution is -2.45. The van der Waals surface area contributed by atoms with Crippen molar-refractivity contribution in [2.24, 2.45) is 5.73 Å². The van der Waals surface area contributed by atoms with Crippen LogP contribution in [0.5, 0.6) is 5.75 Å². The molecule has 0 fully saturated rings. The topological polar surface area (TPSA) is 125 Å². The molecule has 0 radical (unpaired) electrons. The third-order valence-electron chi connectivity index (χ3n) is 4.60. The van der Waals surface area contributed by atoms with Gasteiger partial charge in [-0.05, 0) is 47.5 Å². The van der Waals surface area contributed by atoms with Crippen LogP contribution in [0, 0.1) is 10.1 Å². The fourth-order valence-corrected chi connectivity index (χ4v) is 2.90. The number of nitrogens with two attached hydrogens (primary N) is 1. The molecule has 0 aliphatic rings. The zero-order valence-electron chi connectivity index (χ0n) is 16.6. The van der Waals surface area contributed by atoms with Crippen molar-refractivity contribution in [3.05, 3.63) is 106 Å². The molecule has 3 rings (SSSR count). The van der Waals surface area contributed by atoms with Gasteiger partial charge in [0.25, 0.3) is 11.6 Å². The van der Waals surface area contributed by atoms with E-state index in [1.54, 1.807) is 36.4 Å². The molecule has 0 spiro atoms. The zero-order valence-corrected chi connectivity index (χ0v) is 16.6. The van der Waals surface area contributed by atoms with E-state index in [2.05, 4.69) is 5.32 Å². The van der Waals surface area contributed by atoms with Crippen molar-refractivity contribution in [3.8, 4) is 5.75 Å². The number of ether oxygens (including phenoxy) is 1. The number of hydrogen-bond donors (Lipinski definition) is 2. The minimum absolute atomic E-state index is 0.0145. The predicted octanol–water partition coefficient (Wildman–Crippen LogP) is 3.00. The molecule has 8 heteroatoms. The van der Waals surface area contributed by atoms with Crippen LogP contribution >= 0.6 is 0 Å². The third kappa shape index (κ3) is 6.14. The second-order valence-electron chi connectivity index (χ2n) is 6.85. The number of nitro groups is 1. The van der Waals surface area contributed by atoms with E-state index in [9.17, 15) is 19.7 Å². The maximum atomic E-state index is 12.5. The first-order valence-electron chi connectivity index (χ1n) is 9.52. The maximum absolute atomic E-state index is 12.5. The first-order valence-corrected chi connectivity index (χ1v) is 9.52. The van der Waals surface area contributed by atoms with Crippen LogP contribution in [0.1, 0.15) is 21.5 Å². The number of benzene rings is 3. The summed E-state index contributed by atoms with van der Waals surface area (Å²) in [5.74, 6) is -0.493. The fourth-order valence-electron chi connectivity index (χ4n) is 2.90. The summed E-state index contributed by atoms with van der Waals surface area (Å²) in [5.41, 5.74) is 7.49. The van der Waals surface area contributed by atoms with Crippen LogP contribution in [0.4, 0.5) is 5.69 Å². The molecule has 158 valence electrons. The molecule has 3 N–H and O–H groups in total. The van der Waals surface area contributed by atoms with Gasteiger partial charge in [-0.3, -0.25) is 19.7 Å². The summed E-state index contributed by atoms with van der Waals surface area (Å²) in [6, 6.07) is 21.0. The van der Waals surface area contributed by atoms with Crippen molar-refractivity contribution in [1.82, 2.24) is 5.32 Å². The Morgan fingerprint density at radius 2 is 1.58 bits per heavy atom. The second-order valence-corrected chi connectivity index (χ2v) is 6.85. The smallest absolute Gasteiger partial charge is 0.269 e. The van der Waals surface area contributed by atoms with Gasteiger partial charge in [-0.2, -0.15) is 0 Å². The van der Waals surface area contributed by atoms with Crippen molar-refractivity contribution in [2.75, 3.05) is 0 Å². The van der Waals surface area contributed by atoms with Crippen LogP contribution in [0.15, 0.2) is 78.9 Å². The third-order valence-corrected chi connectivity index (χ3v) is 4.60. The van der Waals surface area contributed by atoms with Crippen molar-refractivity contribution in [1.29, 1.82) is 0 Å². The van der Waals surface area contributed by atoms with Crippen LogP contribution in [-0.2, 0) is 17.8 Å². The molecule has 0 heterocycles. The molecule has 2 amide bonds. The molecule has 0 saturated heterocycles. The summed E-state index contributed by atoms with van der Waals surface area (Å²) >= 11 is 0. The average Bonchev–Trinajstić information content (AvgIpc) is 2.78. The minimum Gasteiger partial charge on any atom is -0.489 e. The number of nitro benzene ring substituents is 1. The number of hydrogen-bond acceptors (Lipinski definition) is 5. The quantitative estimate of drug-likeness (QED) is 0.407. The summed E-state index contributed by atoms with van der Waals surface area (Å²) in [7, 11) is 0. The molecule has 31 heavy (non-hydrogen) atoms. The van der Waals surface area contributed by atoms with E-state index in [0.717, 1.165) is 11.1 Å². The lowest BCUT2D eigenvalue weighted by atomic mass is 10.0. The van der Waals surface area contributed by atoms with Crippen LogP contribution in [0.2, 0.25) is 0 Å². The van der Waals surface area contributed by atoms with Gasteiger partial charge in [-0.25, -0.2) is 0 Å². The van der Waals surface area contributed by atoms with Gasteiger partial charge in [0.2, 0.25) is 5.91 Å². The van der Waals surface area contributed by atoms with E-state index in [1.807, 2.05) is 30.3 Å². The molecule has 0 saturated carbocycles. The summed E-state index contributed by atoms with van der Waals surface area (Å²) < 4.78 is 5.65. The SMILES string of the molecule is NC(=O)C(Cc1ccccc1)NC(=O)c1ccc(OCc2ccc([N+](=O)[O-])cc2)cc1. The number of carbonyl (C=O) groups excluding carboxylic acids is 2. The molecule has 8 nitrogen and oxygen atoms in total. The number of carbonyl (C=O) groups is 2. The van der Waals surface area contributed by atoms with E-state index in [-0.39, 0.29) is 12.3 Å². The highest BCUT2D eigenvalue weighted by atomic mass is 16.6. The molecule has 0 aromatic heterocycles. The summed E-state index contributed by atoms with van der Waals surface area (Å²) in [5, 5.41) is 13.4. The van der Waals surface area contributed by atoms with Crippen molar-refractivity contribution in [3.63, 3.8) is 0 Å². The summed E-state index contributed by atoms with van der Waals surface area (Å²) in [6.07, 6.45) is 0.304.